The lowest BCUT2D eigenvalue weighted by Crippen LogP contribution is -2.08. The molecule has 2 rings (SSSR count). The summed E-state index contributed by atoms with van der Waals surface area (Å²) in [4.78, 5) is 12.0. The standard InChI is InChI=1S/C16H19NO/c1-2-3-6-14-7-9-15(10-8-14)16(18)13-17-11-4-5-12-17/h4-5,7-12H,2-3,6,13H2,1H3. The molecule has 0 unspecified atom stereocenters. The number of hydrogen-bond donors (Lipinski definition) is 0. The molecule has 0 atom stereocenters. The van der Waals surface area contributed by atoms with Gasteiger partial charge in [0.1, 0.15) is 0 Å². The van der Waals surface area contributed by atoms with Gasteiger partial charge in [0.05, 0.1) is 6.54 Å². The topological polar surface area (TPSA) is 22.0 Å². The van der Waals surface area contributed by atoms with E-state index in [1.165, 1.54) is 18.4 Å². The minimum absolute atomic E-state index is 0.160. The third-order valence-corrected chi connectivity index (χ3v) is 3.09. The van der Waals surface area contributed by atoms with Crippen molar-refractivity contribution in [3.63, 3.8) is 0 Å². The van der Waals surface area contributed by atoms with Crippen molar-refractivity contribution in [3.8, 4) is 0 Å². The second-order valence-corrected chi connectivity index (χ2v) is 4.58. The molecule has 0 bridgehead atoms. The molecule has 94 valence electrons. The second-order valence-electron chi connectivity index (χ2n) is 4.58. The van der Waals surface area contributed by atoms with Crippen LogP contribution in [0, 0.1) is 0 Å². The maximum atomic E-state index is 12.0. The van der Waals surface area contributed by atoms with Crippen molar-refractivity contribution in [2.45, 2.75) is 32.7 Å². The van der Waals surface area contributed by atoms with Crippen LogP contribution in [0.2, 0.25) is 0 Å². The van der Waals surface area contributed by atoms with Gasteiger partial charge < -0.3 is 4.57 Å². The number of ketones is 1. The van der Waals surface area contributed by atoms with Gasteiger partial charge in [-0.2, -0.15) is 0 Å². The van der Waals surface area contributed by atoms with Crippen molar-refractivity contribution in [2.75, 3.05) is 0 Å². The number of unbranched alkanes of at least 4 members (excludes halogenated alkanes) is 1. The lowest BCUT2D eigenvalue weighted by Gasteiger charge is -2.04. The first-order valence-corrected chi connectivity index (χ1v) is 6.52. The Morgan fingerprint density at radius 1 is 1.11 bits per heavy atom. The van der Waals surface area contributed by atoms with E-state index in [9.17, 15) is 4.79 Å². The van der Waals surface area contributed by atoms with E-state index in [1.807, 2.05) is 41.2 Å². The molecule has 0 saturated heterocycles. The SMILES string of the molecule is CCCCc1ccc(C(=O)Cn2cccc2)cc1. The number of aromatic nitrogens is 1. The van der Waals surface area contributed by atoms with E-state index < -0.39 is 0 Å². The summed E-state index contributed by atoms with van der Waals surface area (Å²) in [5.74, 6) is 0.160. The highest BCUT2D eigenvalue weighted by Crippen LogP contribution is 2.09. The number of carbonyl (C=O) groups is 1. The number of aryl methyl sites for hydroxylation is 1. The molecular weight excluding hydrogens is 222 g/mol. The molecule has 0 amide bonds. The zero-order valence-electron chi connectivity index (χ0n) is 10.8. The highest BCUT2D eigenvalue weighted by atomic mass is 16.1. The highest BCUT2D eigenvalue weighted by molar-refractivity contribution is 5.95. The van der Waals surface area contributed by atoms with Gasteiger partial charge >= 0.3 is 0 Å². The van der Waals surface area contributed by atoms with Crippen LogP contribution < -0.4 is 0 Å². The van der Waals surface area contributed by atoms with Gasteiger partial charge in [0.2, 0.25) is 0 Å². The van der Waals surface area contributed by atoms with E-state index in [1.54, 1.807) is 0 Å². The minimum atomic E-state index is 0.160. The van der Waals surface area contributed by atoms with Crippen molar-refractivity contribution >= 4 is 5.78 Å². The molecular formula is C16H19NO. The molecule has 1 aromatic heterocycles. The molecule has 0 fully saturated rings. The summed E-state index contributed by atoms with van der Waals surface area (Å²) >= 11 is 0. The van der Waals surface area contributed by atoms with Crippen LogP contribution in [0.3, 0.4) is 0 Å². The van der Waals surface area contributed by atoms with Crippen LogP contribution in [0.5, 0.6) is 0 Å². The molecule has 0 radical (unpaired) electrons. The Kier molecular flexibility index (Phi) is 4.35. The van der Waals surface area contributed by atoms with Crippen LogP contribution in [0.25, 0.3) is 0 Å². The Labute approximate surface area is 108 Å². The Bertz CT molecular complexity index is 482. The number of hydrogen-bond acceptors (Lipinski definition) is 1. The van der Waals surface area contributed by atoms with Crippen LogP contribution >= 0.6 is 0 Å². The van der Waals surface area contributed by atoms with E-state index in [0.717, 1.165) is 12.0 Å². The molecule has 18 heavy (non-hydrogen) atoms. The number of carbonyl (C=O) groups excluding carboxylic acids is 1. The zero-order valence-corrected chi connectivity index (χ0v) is 10.8. The molecule has 0 spiro atoms. The predicted molar refractivity (Wildman–Crippen MR) is 73.8 cm³/mol. The monoisotopic (exact) mass is 241 g/mol. The number of nitrogens with zero attached hydrogens (tertiary/aromatic N) is 1. The van der Waals surface area contributed by atoms with Crippen molar-refractivity contribution in [1.82, 2.24) is 4.57 Å². The van der Waals surface area contributed by atoms with E-state index in [0.29, 0.717) is 6.54 Å². The first-order chi connectivity index (χ1) is 8.79. The largest absolute Gasteiger partial charge is 0.347 e. The first-order valence-electron chi connectivity index (χ1n) is 6.52. The van der Waals surface area contributed by atoms with Crippen LogP contribution in [-0.2, 0) is 13.0 Å². The summed E-state index contributed by atoms with van der Waals surface area (Å²) in [6, 6.07) is 11.9. The molecule has 1 heterocycles. The Hall–Kier alpha value is -1.83. The van der Waals surface area contributed by atoms with Gasteiger partial charge in [0.25, 0.3) is 0 Å². The van der Waals surface area contributed by atoms with E-state index in [4.69, 9.17) is 0 Å². The molecule has 2 aromatic rings. The number of rotatable bonds is 6. The van der Waals surface area contributed by atoms with Gasteiger partial charge in [0.15, 0.2) is 5.78 Å². The van der Waals surface area contributed by atoms with Crippen LogP contribution in [0.15, 0.2) is 48.8 Å². The fourth-order valence-electron chi connectivity index (χ4n) is 1.97. The molecule has 2 nitrogen and oxygen atoms in total. The van der Waals surface area contributed by atoms with Crippen molar-refractivity contribution in [1.29, 1.82) is 0 Å². The fraction of sp³-hybridized carbons (Fsp3) is 0.312. The molecule has 1 aromatic carbocycles. The summed E-state index contributed by atoms with van der Waals surface area (Å²) < 4.78 is 1.90. The summed E-state index contributed by atoms with van der Waals surface area (Å²) in [5.41, 5.74) is 2.11. The fourth-order valence-corrected chi connectivity index (χ4v) is 1.97. The predicted octanol–water partition coefficient (Wildman–Crippen LogP) is 3.71. The maximum Gasteiger partial charge on any atom is 0.182 e. The Balaban J connectivity index is 1.98. The summed E-state index contributed by atoms with van der Waals surface area (Å²) in [6.45, 7) is 2.61. The Morgan fingerprint density at radius 2 is 1.78 bits per heavy atom. The van der Waals surface area contributed by atoms with E-state index in [-0.39, 0.29) is 5.78 Å². The van der Waals surface area contributed by atoms with Crippen molar-refractivity contribution < 1.29 is 4.79 Å². The van der Waals surface area contributed by atoms with Gasteiger partial charge in [-0.05, 0) is 30.5 Å². The Morgan fingerprint density at radius 3 is 2.39 bits per heavy atom. The van der Waals surface area contributed by atoms with Gasteiger partial charge in [-0.25, -0.2) is 0 Å². The normalized spacial score (nSPS) is 10.5. The van der Waals surface area contributed by atoms with Gasteiger partial charge in [0, 0.05) is 18.0 Å². The van der Waals surface area contributed by atoms with E-state index >= 15 is 0 Å². The lowest BCUT2D eigenvalue weighted by atomic mass is 10.0. The lowest BCUT2D eigenvalue weighted by molar-refractivity contribution is 0.0972. The van der Waals surface area contributed by atoms with Crippen molar-refractivity contribution in [3.05, 3.63) is 59.9 Å². The van der Waals surface area contributed by atoms with Crippen LogP contribution in [0.1, 0.15) is 35.7 Å². The van der Waals surface area contributed by atoms with Crippen LogP contribution in [0.4, 0.5) is 0 Å². The van der Waals surface area contributed by atoms with Gasteiger partial charge in [-0.15, -0.1) is 0 Å². The summed E-state index contributed by atoms with van der Waals surface area (Å²) in [7, 11) is 0. The van der Waals surface area contributed by atoms with E-state index in [2.05, 4.69) is 19.1 Å². The van der Waals surface area contributed by atoms with Gasteiger partial charge in [-0.3, -0.25) is 4.79 Å². The smallest absolute Gasteiger partial charge is 0.182 e. The van der Waals surface area contributed by atoms with Crippen LogP contribution in [-0.4, -0.2) is 10.4 Å². The third-order valence-electron chi connectivity index (χ3n) is 3.09. The molecule has 0 aliphatic rings. The number of benzene rings is 1. The minimum Gasteiger partial charge on any atom is -0.347 e. The van der Waals surface area contributed by atoms with Crippen molar-refractivity contribution in [2.24, 2.45) is 0 Å². The quantitative estimate of drug-likeness (QED) is 0.707. The third kappa shape index (κ3) is 3.33. The summed E-state index contributed by atoms with van der Waals surface area (Å²) in [6.07, 6.45) is 7.33. The molecule has 0 aliphatic carbocycles. The summed E-state index contributed by atoms with van der Waals surface area (Å²) in [5, 5.41) is 0. The zero-order chi connectivity index (χ0) is 12.8. The second kappa shape index (κ2) is 6.20. The molecule has 0 N–H and O–H groups in total. The maximum absolute atomic E-state index is 12.0. The number of Topliss-reactive ketones (excluding diaryl/α,β-unsaturated/α-hetero) is 1. The first kappa shape index (κ1) is 12.6. The average Bonchev–Trinajstić information content (AvgIpc) is 2.89. The highest BCUT2D eigenvalue weighted by Gasteiger charge is 2.05. The average molecular weight is 241 g/mol. The molecule has 0 saturated carbocycles. The molecule has 2 heteroatoms. The van der Waals surface area contributed by atoms with Gasteiger partial charge in [-0.1, -0.05) is 37.6 Å². The molecule has 0 aliphatic heterocycles.